The summed E-state index contributed by atoms with van der Waals surface area (Å²) in [6.07, 6.45) is 8.97. The number of rotatable bonds is 5. The zero-order valence-electron chi connectivity index (χ0n) is 10.8. The number of aryl methyl sites for hydroxylation is 1. The van der Waals surface area contributed by atoms with E-state index in [4.69, 9.17) is 0 Å². The molecule has 4 nitrogen and oxygen atoms in total. The zero-order chi connectivity index (χ0) is 11.9. The van der Waals surface area contributed by atoms with Crippen LogP contribution in [0.4, 0.5) is 0 Å². The van der Waals surface area contributed by atoms with Gasteiger partial charge in [0.2, 0.25) is 0 Å². The molecular weight excluding hydrogens is 212 g/mol. The van der Waals surface area contributed by atoms with Gasteiger partial charge in [0.1, 0.15) is 0 Å². The van der Waals surface area contributed by atoms with Crippen molar-refractivity contribution in [2.75, 3.05) is 26.7 Å². The van der Waals surface area contributed by atoms with Crippen LogP contribution >= 0.6 is 0 Å². The minimum atomic E-state index is 0.720. The Kier molecular flexibility index (Phi) is 5.01. The Balaban J connectivity index is 1.58. The molecule has 0 aliphatic carbocycles. The maximum Gasteiger partial charge on any atom is 0.0489 e. The lowest BCUT2D eigenvalue weighted by atomic mass is 10.1. The summed E-state index contributed by atoms with van der Waals surface area (Å²) in [7, 11) is 2.22. The van der Waals surface area contributed by atoms with Crippen molar-refractivity contribution in [1.82, 2.24) is 20.0 Å². The van der Waals surface area contributed by atoms with Gasteiger partial charge in [0, 0.05) is 25.0 Å². The van der Waals surface area contributed by atoms with Gasteiger partial charge in [-0.15, -0.1) is 0 Å². The topological polar surface area (TPSA) is 33.1 Å². The van der Waals surface area contributed by atoms with Gasteiger partial charge >= 0.3 is 0 Å². The van der Waals surface area contributed by atoms with E-state index < -0.39 is 0 Å². The van der Waals surface area contributed by atoms with E-state index >= 15 is 0 Å². The van der Waals surface area contributed by atoms with Crippen molar-refractivity contribution in [2.24, 2.45) is 0 Å². The highest BCUT2D eigenvalue weighted by molar-refractivity contribution is 4.78. The molecule has 1 saturated heterocycles. The first kappa shape index (κ1) is 12.6. The van der Waals surface area contributed by atoms with Gasteiger partial charge in [0.05, 0.1) is 0 Å². The third-order valence-corrected chi connectivity index (χ3v) is 3.51. The second-order valence-electron chi connectivity index (χ2n) is 5.01. The Labute approximate surface area is 104 Å². The molecule has 1 aromatic rings. The predicted molar refractivity (Wildman–Crippen MR) is 70.0 cm³/mol. The summed E-state index contributed by atoms with van der Waals surface area (Å²) in [5.41, 5.74) is 0. The van der Waals surface area contributed by atoms with Crippen LogP contribution in [0.2, 0.25) is 0 Å². The smallest absolute Gasteiger partial charge is 0.0489 e. The summed E-state index contributed by atoms with van der Waals surface area (Å²) in [6.45, 7) is 4.61. The lowest BCUT2D eigenvalue weighted by Gasteiger charge is -2.16. The molecule has 1 N–H and O–H groups in total. The molecule has 1 unspecified atom stereocenters. The highest BCUT2D eigenvalue weighted by atomic mass is 15.3. The van der Waals surface area contributed by atoms with E-state index in [9.17, 15) is 0 Å². The van der Waals surface area contributed by atoms with Crippen LogP contribution in [0.15, 0.2) is 18.5 Å². The van der Waals surface area contributed by atoms with Crippen LogP contribution in [-0.2, 0) is 6.54 Å². The first-order valence-electron chi connectivity index (χ1n) is 6.74. The van der Waals surface area contributed by atoms with E-state index in [0.29, 0.717) is 0 Å². The normalized spacial score (nSPS) is 22.5. The molecular formula is C13H24N4. The highest BCUT2D eigenvalue weighted by Gasteiger charge is 2.13. The van der Waals surface area contributed by atoms with Crippen LogP contribution < -0.4 is 5.32 Å². The Bertz CT molecular complexity index is 296. The van der Waals surface area contributed by atoms with E-state index in [0.717, 1.165) is 25.6 Å². The second kappa shape index (κ2) is 6.77. The summed E-state index contributed by atoms with van der Waals surface area (Å²) in [4.78, 5) is 2.44. The molecule has 2 rings (SSSR count). The molecule has 0 saturated carbocycles. The van der Waals surface area contributed by atoms with Crippen molar-refractivity contribution >= 4 is 0 Å². The summed E-state index contributed by atoms with van der Waals surface area (Å²) in [5, 5.41) is 7.88. The number of hydrogen-bond acceptors (Lipinski definition) is 3. The van der Waals surface area contributed by atoms with Crippen molar-refractivity contribution < 1.29 is 0 Å². The Morgan fingerprint density at radius 3 is 3.12 bits per heavy atom. The molecule has 1 aliphatic heterocycles. The van der Waals surface area contributed by atoms with Gasteiger partial charge in [-0.05, 0) is 58.4 Å². The monoisotopic (exact) mass is 236 g/mol. The Morgan fingerprint density at radius 1 is 1.35 bits per heavy atom. The number of hydrogen-bond donors (Lipinski definition) is 1. The van der Waals surface area contributed by atoms with Gasteiger partial charge in [-0.1, -0.05) is 0 Å². The first-order valence-corrected chi connectivity index (χ1v) is 6.74. The lowest BCUT2D eigenvalue weighted by Crippen LogP contribution is -2.31. The summed E-state index contributed by atoms with van der Waals surface area (Å²) < 4.78 is 2.00. The molecule has 17 heavy (non-hydrogen) atoms. The highest BCUT2D eigenvalue weighted by Crippen LogP contribution is 2.09. The van der Waals surface area contributed by atoms with Crippen LogP contribution in [0.3, 0.4) is 0 Å². The molecule has 4 heteroatoms. The molecule has 0 amide bonds. The molecule has 2 heterocycles. The van der Waals surface area contributed by atoms with Crippen LogP contribution in [0, 0.1) is 0 Å². The van der Waals surface area contributed by atoms with Crippen LogP contribution in [-0.4, -0.2) is 47.4 Å². The zero-order valence-corrected chi connectivity index (χ0v) is 10.8. The maximum absolute atomic E-state index is 4.21. The SMILES string of the molecule is CN1CCCC(NCCCn2cccn2)CC1. The van der Waals surface area contributed by atoms with Gasteiger partial charge < -0.3 is 10.2 Å². The van der Waals surface area contributed by atoms with Crippen molar-refractivity contribution in [1.29, 1.82) is 0 Å². The summed E-state index contributed by atoms with van der Waals surface area (Å²) in [5.74, 6) is 0. The van der Waals surface area contributed by atoms with Gasteiger partial charge in [-0.3, -0.25) is 4.68 Å². The Morgan fingerprint density at radius 2 is 2.29 bits per heavy atom. The largest absolute Gasteiger partial charge is 0.314 e. The van der Waals surface area contributed by atoms with Gasteiger partial charge in [-0.2, -0.15) is 5.10 Å². The van der Waals surface area contributed by atoms with Crippen molar-refractivity contribution in [2.45, 2.75) is 38.3 Å². The fourth-order valence-corrected chi connectivity index (χ4v) is 2.42. The van der Waals surface area contributed by atoms with Crippen LogP contribution in [0.5, 0.6) is 0 Å². The summed E-state index contributed by atoms with van der Waals surface area (Å²) in [6, 6.07) is 2.70. The van der Waals surface area contributed by atoms with E-state index in [1.54, 1.807) is 0 Å². The molecule has 1 fully saturated rings. The van der Waals surface area contributed by atoms with Gasteiger partial charge in [-0.25, -0.2) is 0 Å². The molecule has 0 aromatic carbocycles. The fourth-order valence-electron chi connectivity index (χ4n) is 2.42. The average molecular weight is 236 g/mol. The first-order chi connectivity index (χ1) is 8.34. The number of nitrogens with one attached hydrogen (secondary N) is 1. The predicted octanol–water partition coefficient (Wildman–Crippen LogP) is 1.35. The third kappa shape index (κ3) is 4.48. The molecule has 0 bridgehead atoms. The molecule has 0 radical (unpaired) electrons. The van der Waals surface area contributed by atoms with E-state index in [1.165, 1.54) is 32.4 Å². The van der Waals surface area contributed by atoms with Crippen molar-refractivity contribution in [3.8, 4) is 0 Å². The maximum atomic E-state index is 4.21. The van der Waals surface area contributed by atoms with E-state index in [-0.39, 0.29) is 0 Å². The molecule has 1 aliphatic rings. The van der Waals surface area contributed by atoms with Crippen molar-refractivity contribution in [3.05, 3.63) is 18.5 Å². The minimum absolute atomic E-state index is 0.720. The fraction of sp³-hybridized carbons (Fsp3) is 0.769. The van der Waals surface area contributed by atoms with Crippen molar-refractivity contribution in [3.63, 3.8) is 0 Å². The van der Waals surface area contributed by atoms with E-state index in [2.05, 4.69) is 22.4 Å². The third-order valence-electron chi connectivity index (χ3n) is 3.51. The lowest BCUT2D eigenvalue weighted by molar-refractivity contribution is 0.343. The number of likely N-dealkylation sites (tertiary alicyclic amines) is 1. The standard InChI is InChI=1S/C13H24N4/c1-16-9-2-5-13(6-12-16)14-7-3-10-17-11-4-8-15-17/h4,8,11,13-14H,2-3,5-7,9-10,12H2,1H3. The quantitative estimate of drug-likeness (QED) is 0.783. The van der Waals surface area contributed by atoms with E-state index in [1.807, 2.05) is 23.1 Å². The number of nitrogens with zero attached hydrogens (tertiary/aromatic N) is 3. The molecule has 1 aromatic heterocycles. The molecule has 0 spiro atoms. The van der Waals surface area contributed by atoms with Crippen LogP contribution in [0.1, 0.15) is 25.7 Å². The molecule has 96 valence electrons. The van der Waals surface area contributed by atoms with Crippen LogP contribution in [0.25, 0.3) is 0 Å². The minimum Gasteiger partial charge on any atom is -0.314 e. The summed E-state index contributed by atoms with van der Waals surface area (Å²) >= 11 is 0. The molecule has 1 atom stereocenters. The van der Waals surface area contributed by atoms with Gasteiger partial charge in [0.15, 0.2) is 0 Å². The van der Waals surface area contributed by atoms with Gasteiger partial charge in [0.25, 0.3) is 0 Å². The Hall–Kier alpha value is -0.870. The average Bonchev–Trinajstić information content (AvgIpc) is 2.75. The number of aromatic nitrogens is 2. The second-order valence-corrected chi connectivity index (χ2v) is 5.01.